The van der Waals surface area contributed by atoms with E-state index in [2.05, 4.69) is 23.6 Å². The van der Waals surface area contributed by atoms with E-state index in [-0.39, 0.29) is 12.6 Å². The number of urea groups is 1. The molecule has 1 aromatic heterocycles. The molecule has 5 heteroatoms. The highest BCUT2D eigenvalue weighted by atomic mass is 32.1. The molecule has 1 unspecified atom stereocenters. The molecule has 84 valence electrons. The van der Waals surface area contributed by atoms with Crippen molar-refractivity contribution in [1.82, 2.24) is 10.6 Å². The van der Waals surface area contributed by atoms with Crippen molar-refractivity contribution in [3.05, 3.63) is 22.4 Å². The zero-order valence-electron chi connectivity index (χ0n) is 8.69. The summed E-state index contributed by atoms with van der Waals surface area (Å²) in [4.78, 5) is 12.4. The van der Waals surface area contributed by atoms with Crippen LogP contribution in [0.4, 0.5) is 4.79 Å². The summed E-state index contributed by atoms with van der Waals surface area (Å²) in [7, 11) is 0. The Balaban J connectivity index is 2.22. The van der Waals surface area contributed by atoms with Crippen LogP contribution >= 0.6 is 11.3 Å². The highest BCUT2D eigenvalue weighted by Crippen LogP contribution is 2.19. The Hall–Kier alpha value is -1.07. The molecular weight excluding hydrogens is 212 g/mol. The third-order valence-electron chi connectivity index (χ3n) is 2.00. The standard InChI is InChI=1S/C10H16N2O2S/c1-8(9-3-2-6-15-9)7-12-10(14)11-4-5-13/h2-3,6,8,13H,4-5,7H2,1H3,(H2,11,12,14). The lowest BCUT2D eigenvalue weighted by Crippen LogP contribution is -2.38. The molecule has 0 bridgehead atoms. The summed E-state index contributed by atoms with van der Waals surface area (Å²) in [5.74, 6) is 0.324. The molecule has 0 aliphatic rings. The van der Waals surface area contributed by atoms with Crippen molar-refractivity contribution >= 4 is 17.4 Å². The lowest BCUT2D eigenvalue weighted by atomic mass is 10.1. The van der Waals surface area contributed by atoms with Gasteiger partial charge in [-0.25, -0.2) is 4.79 Å². The molecule has 15 heavy (non-hydrogen) atoms. The number of rotatable bonds is 5. The van der Waals surface area contributed by atoms with E-state index >= 15 is 0 Å². The molecule has 2 amide bonds. The van der Waals surface area contributed by atoms with Gasteiger partial charge in [0.1, 0.15) is 0 Å². The Bertz CT molecular complexity index is 288. The Morgan fingerprint density at radius 1 is 1.60 bits per heavy atom. The van der Waals surface area contributed by atoms with Gasteiger partial charge in [0.15, 0.2) is 0 Å². The summed E-state index contributed by atoms with van der Waals surface area (Å²) in [6.45, 7) is 2.93. The number of carbonyl (C=O) groups excluding carboxylic acids is 1. The molecule has 0 fully saturated rings. The van der Waals surface area contributed by atoms with E-state index in [4.69, 9.17) is 5.11 Å². The van der Waals surface area contributed by atoms with Crippen LogP contribution in [0.25, 0.3) is 0 Å². The quantitative estimate of drug-likeness (QED) is 0.708. The maximum Gasteiger partial charge on any atom is 0.314 e. The lowest BCUT2D eigenvalue weighted by molar-refractivity contribution is 0.234. The lowest BCUT2D eigenvalue weighted by Gasteiger charge is -2.11. The minimum absolute atomic E-state index is 0.0338. The van der Waals surface area contributed by atoms with Crippen LogP contribution in [0.5, 0.6) is 0 Å². The summed E-state index contributed by atoms with van der Waals surface area (Å²) in [5.41, 5.74) is 0. The van der Waals surface area contributed by atoms with Gasteiger partial charge in [-0.05, 0) is 11.4 Å². The first-order chi connectivity index (χ1) is 7.24. The summed E-state index contributed by atoms with van der Waals surface area (Å²) in [6.07, 6.45) is 0. The zero-order valence-corrected chi connectivity index (χ0v) is 9.51. The number of thiophene rings is 1. The fourth-order valence-electron chi connectivity index (χ4n) is 1.15. The number of aliphatic hydroxyl groups is 1. The van der Waals surface area contributed by atoms with Crippen LogP contribution in [0.15, 0.2) is 17.5 Å². The van der Waals surface area contributed by atoms with Crippen LogP contribution in [0, 0.1) is 0 Å². The second kappa shape index (κ2) is 6.42. The van der Waals surface area contributed by atoms with Gasteiger partial charge in [-0.2, -0.15) is 0 Å². The second-order valence-electron chi connectivity index (χ2n) is 3.28. The molecule has 0 saturated heterocycles. The average Bonchev–Trinajstić information content (AvgIpc) is 2.76. The average molecular weight is 228 g/mol. The van der Waals surface area contributed by atoms with Crippen molar-refractivity contribution in [2.75, 3.05) is 19.7 Å². The van der Waals surface area contributed by atoms with Gasteiger partial charge in [0.05, 0.1) is 6.61 Å². The molecule has 1 rings (SSSR count). The van der Waals surface area contributed by atoms with Gasteiger partial charge < -0.3 is 15.7 Å². The van der Waals surface area contributed by atoms with Crippen LogP contribution in [0.3, 0.4) is 0 Å². The van der Waals surface area contributed by atoms with Crippen LogP contribution in [-0.4, -0.2) is 30.8 Å². The van der Waals surface area contributed by atoms with E-state index in [0.29, 0.717) is 19.0 Å². The maximum atomic E-state index is 11.1. The van der Waals surface area contributed by atoms with Gasteiger partial charge in [0.25, 0.3) is 0 Å². The number of nitrogens with one attached hydrogen (secondary N) is 2. The van der Waals surface area contributed by atoms with Gasteiger partial charge in [0, 0.05) is 23.9 Å². The van der Waals surface area contributed by atoms with Crippen LogP contribution in [0.2, 0.25) is 0 Å². The molecule has 1 aromatic rings. The van der Waals surface area contributed by atoms with Crippen molar-refractivity contribution in [1.29, 1.82) is 0 Å². The van der Waals surface area contributed by atoms with E-state index < -0.39 is 0 Å². The predicted octanol–water partition coefficient (Wildman–Crippen LogP) is 1.14. The topological polar surface area (TPSA) is 61.4 Å². The Morgan fingerprint density at radius 3 is 3.00 bits per heavy atom. The summed E-state index contributed by atoms with van der Waals surface area (Å²) >= 11 is 1.69. The Morgan fingerprint density at radius 2 is 2.40 bits per heavy atom. The molecule has 0 radical (unpaired) electrons. The molecule has 0 aliphatic heterocycles. The van der Waals surface area contributed by atoms with Gasteiger partial charge in [0.2, 0.25) is 0 Å². The third kappa shape index (κ3) is 4.31. The van der Waals surface area contributed by atoms with Gasteiger partial charge in [-0.15, -0.1) is 11.3 Å². The van der Waals surface area contributed by atoms with Crippen molar-refractivity contribution < 1.29 is 9.90 Å². The van der Waals surface area contributed by atoms with Gasteiger partial charge in [-0.1, -0.05) is 13.0 Å². The fourth-order valence-corrected chi connectivity index (χ4v) is 1.94. The van der Waals surface area contributed by atoms with Gasteiger partial charge in [-0.3, -0.25) is 0 Å². The van der Waals surface area contributed by atoms with Crippen molar-refractivity contribution in [2.45, 2.75) is 12.8 Å². The highest BCUT2D eigenvalue weighted by molar-refractivity contribution is 7.10. The van der Waals surface area contributed by atoms with Crippen molar-refractivity contribution in [2.24, 2.45) is 0 Å². The maximum absolute atomic E-state index is 11.1. The van der Waals surface area contributed by atoms with E-state index in [9.17, 15) is 4.79 Å². The smallest absolute Gasteiger partial charge is 0.314 e. The minimum Gasteiger partial charge on any atom is -0.395 e. The van der Waals surface area contributed by atoms with Crippen LogP contribution < -0.4 is 10.6 Å². The first kappa shape index (κ1) is 12.0. The number of hydrogen-bond donors (Lipinski definition) is 3. The normalized spacial score (nSPS) is 12.1. The first-order valence-corrected chi connectivity index (χ1v) is 5.78. The van der Waals surface area contributed by atoms with Crippen LogP contribution in [-0.2, 0) is 0 Å². The molecule has 3 N–H and O–H groups in total. The molecule has 0 spiro atoms. The number of carbonyl (C=O) groups is 1. The molecule has 0 aromatic carbocycles. The van der Waals surface area contributed by atoms with E-state index in [0.717, 1.165) is 0 Å². The monoisotopic (exact) mass is 228 g/mol. The molecule has 1 atom stereocenters. The van der Waals surface area contributed by atoms with Crippen molar-refractivity contribution in [3.63, 3.8) is 0 Å². The molecule has 0 saturated carbocycles. The molecular formula is C10H16N2O2S. The summed E-state index contributed by atoms with van der Waals surface area (Å²) in [5, 5.41) is 15.8. The molecule has 4 nitrogen and oxygen atoms in total. The van der Waals surface area contributed by atoms with E-state index in [1.807, 2.05) is 11.4 Å². The summed E-state index contributed by atoms with van der Waals surface area (Å²) in [6, 6.07) is 3.83. The van der Waals surface area contributed by atoms with E-state index in [1.165, 1.54) is 4.88 Å². The Labute approximate surface area is 93.3 Å². The number of amides is 2. The highest BCUT2D eigenvalue weighted by Gasteiger charge is 2.07. The fraction of sp³-hybridized carbons (Fsp3) is 0.500. The number of hydrogen-bond acceptors (Lipinski definition) is 3. The van der Waals surface area contributed by atoms with E-state index in [1.54, 1.807) is 11.3 Å². The SMILES string of the molecule is CC(CNC(=O)NCCO)c1cccs1. The number of aliphatic hydroxyl groups excluding tert-OH is 1. The Kier molecular flexibility index (Phi) is 5.14. The molecule has 0 aliphatic carbocycles. The zero-order chi connectivity index (χ0) is 11.1. The third-order valence-corrected chi connectivity index (χ3v) is 3.10. The summed E-state index contributed by atoms with van der Waals surface area (Å²) < 4.78 is 0. The van der Waals surface area contributed by atoms with Gasteiger partial charge >= 0.3 is 6.03 Å². The first-order valence-electron chi connectivity index (χ1n) is 4.90. The predicted molar refractivity (Wildman–Crippen MR) is 61.2 cm³/mol. The van der Waals surface area contributed by atoms with Crippen molar-refractivity contribution in [3.8, 4) is 0 Å². The largest absolute Gasteiger partial charge is 0.395 e. The van der Waals surface area contributed by atoms with Crippen LogP contribution in [0.1, 0.15) is 17.7 Å². The minimum atomic E-state index is -0.229. The second-order valence-corrected chi connectivity index (χ2v) is 4.26. The molecule has 1 heterocycles.